The van der Waals surface area contributed by atoms with E-state index in [1.807, 2.05) is 20.8 Å². The number of ether oxygens (including phenoxy) is 1. The SMILES string of the molecule is CCOCCN(CC)c1cc(C)nc(C)c1CN. The van der Waals surface area contributed by atoms with Gasteiger partial charge in [-0.05, 0) is 33.8 Å². The van der Waals surface area contributed by atoms with Gasteiger partial charge in [-0.3, -0.25) is 4.98 Å². The first-order valence-electron chi connectivity index (χ1n) is 6.63. The maximum absolute atomic E-state index is 5.85. The highest BCUT2D eigenvalue weighted by Gasteiger charge is 2.12. The third-order valence-corrected chi connectivity index (χ3v) is 3.07. The van der Waals surface area contributed by atoms with E-state index >= 15 is 0 Å². The van der Waals surface area contributed by atoms with Crippen LogP contribution in [0.25, 0.3) is 0 Å². The van der Waals surface area contributed by atoms with Crippen molar-refractivity contribution in [3.8, 4) is 0 Å². The zero-order valence-electron chi connectivity index (χ0n) is 12.0. The number of nitrogens with two attached hydrogens (primary N) is 1. The molecule has 0 bridgehead atoms. The minimum absolute atomic E-state index is 0.527. The van der Waals surface area contributed by atoms with Gasteiger partial charge >= 0.3 is 0 Å². The smallest absolute Gasteiger partial charge is 0.0641 e. The number of anilines is 1. The van der Waals surface area contributed by atoms with Gasteiger partial charge in [-0.25, -0.2) is 0 Å². The second kappa shape index (κ2) is 7.34. The highest BCUT2D eigenvalue weighted by Crippen LogP contribution is 2.23. The van der Waals surface area contributed by atoms with E-state index in [0.717, 1.165) is 43.3 Å². The van der Waals surface area contributed by atoms with Gasteiger partial charge in [0, 0.05) is 48.9 Å². The third kappa shape index (κ3) is 3.68. The first kappa shape index (κ1) is 14.9. The summed E-state index contributed by atoms with van der Waals surface area (Å²) in [7, 11) is 0. The van der Waals surface area contributed by atoms with Crippen molar-refractivity contribution in [2.45, 2.75) is 34.2 Å². The van der Waals surface area contributed by atoms with Gasteiger partial charge in [0.2, 0.25) is 0 Å². The monoisotopic (exact) mass is 251 g/mol. The standard InChI is InChI=1S/C14H25N3O/c1-5-17(7-8-18-6-2)14-9-11(3)16-12(4)13(14)10-15/h9H,5-8,10,15H2,1-4H3. The summed E-state index contributed by atoms with van der Waals surface area (Å²) in [6, 6.07) is 2.12. The molecule has 0 radical (unpaired) electrons. The van der Waals surface area contributed by atoms with Crippen molar-refractivity contribution in [3.05, 3.63) is 23.0 Å². The Morgan fingerprint density at radius 3 is 2.61 bits per heavy atom. The number of nitrogens with zero attached hydrogens (tertiary/aromatic N) is 2. The molecule has 0 saturated carbocycles. The van der Waals surface area contributed by atoms with Crippen LogP contribution in [0.2, 0.25) is 0 Å². The van der Waals surface area contributed by atoms with Crippen molar-refractivity contribution < 1.29 is 4.74 Å². The number of rotatable bonds is 7. The van der Waals surface area contributed by atoms with E-state index in [-0.39, 0.29) is 0 Å². The molecule has 0 aliphatic carbocycles. The molecule has 4 heteroatoms. The molecule has 0 aromatic carbocycles. The van der Waals surface area contributed by atoms with Gasteiger partial charge in [-0.1, -0.05) is 0 Å². The molecular weight excluding hydrogens is 226 g/mol. The molecule has 1 heterocycles. The van der Waals surface area contributed by atoms with Crippen LogP contribution in [-0.4, -0.2) is 31.3 Å². The second-order valence-corrected chi connectivity index (χ2v) is 4.33. The van der Waals surface area contributed by atoms with E-state index < -0.39 is 0 Å². The number of hydrogen-bond acceptors (Lipinski definition) is 4. The highest BCUT2D eigenvalue weighted by molar-refractivity contribution is 5.56. The molecule has 2 N–H and O–H groups in total. The Balaban J connectivity index is 2.96. The van der Waals surface area contributed by atoms with Crippen molar-refractivity contribution in [1.29, 1.82) is 0 Å². The molecule has 102 valence electrons. The zero-order chi connectivity index (χ0) is 13.5. The quantitative estimate of drug-likeness (QED) is 0.753. The van der Waals surface area contributed by atoms with E-state index in [4.69, 9.17) is 10.5 Å². The van der Waals surface area contributed by atoms with E-state index in [0.29, 0.717) is 6.54 Å². The van der Waals surface area contributed by atoms with E-state index in [1.165, 1.54) is 5.69 Å². The Hall–Kier alpha value is -1.13. The number of likely N-dealkylation sites (N-methyl/N-ethyl adjacent to an activating group) is 1. The molecule has 1 rings (SSSR count). The maximum Gasteiger partial charge on any atom is 0.0641 e. The number of pyridine rings is 1. The van der Waals surface area contributed by atoms with Gasteiger partial charge in [0.15, 0.2) is 0 Å². The van der Waals surface area contributed by atoms with Crippen LogP contribution < -0.4 is 10.6 Å². The lowest BCUT2D eigenvalue weighted by Crippen LogP contribution is -2.29. The summed E-state index contributed by atoms with van der Waals surface area (Å²) >= 11 is 0. The predicted molar refractivity (Wildman–Crippen MR) is 76.0 cm³/mol. The van der Waals surface area contributed by atoms with Crippen molar-refractivity contribution in [3.63, 3.8) is 0 Å². The van der Waals surface area contributed by atoms with Crippen LogP contribution >= 0.6 is 0 Å². The summed E-state index contributed by atoms with van der Waals surface area (Å²) < 4.78 is 5.43. The lowest BCUT2D eigenvalue weighted by molar-refractivity contribution is 0.154. The molecule has 0 aliphatic heterocycles. The molecule has 4 nitrogen and oxygen atoms in total. The normalized spacial score (nSPS) is 10.7. The third-order valence-electron chi connectivity index (χ3n) is 3.07. The fourth-order valence-electron chi connectivity index (χ4n) is 2.14. The van der Waals surface area contributed by atoms with E-state index in [1.54, 1.807) is 0 Å². The first-order chi connectivity index (χ1) is 8.63. The van der Waals surface area contributed by atoms with Crippen LogP contribution in [0.1, 0.15) is 30.8 Å². The summed E-state index contributed by atoms with van der Waals surface area (Å²) in [5, 5.41) is 0. The minimum atomic E-state index is 0.527. The molecule has 0 amide bonds. The van der Waals surface area contributed by atoms with Gasteiger partial charge in [0.05, 0.1) is 6.61 Å². The molecule has 18 heavy (non-hydrogen) atoms. The minimum Gasteiger partial charge on any atom is -0.380 e. The van der Waals surface area contributed by atoms with Gasteiger partial charge in [-0.15, -0.1) is 0 Å². The lowest BCUT2D eigenvalue weighted by Gasteiger charge is -2.26. The number of hydrogen-bond donors (Lipinski definition) is 1. The fraction of sp³-hybridized carbons (Fsp3) is 0.643. The summed E-state index contributed by atoms with van der Waals surface area (Å²) in [6.45, 7) is 12.1. The Labute approximate surface area is 110 Å². The Kier molecular flexibility index (Phi) is 6.09. The molecule has 0 atom stereocenters. The lowest BCUT2D eigenvalue weighted by atomic mass is 10.1. The van der Waals surface area contributed by atoms with Gasteiger partial charge in [0.1, 0.15) is 0 Å². The molecule has 0 spiro atoms. The highest BCUT2D eigenvalue weighted by atomic mass is 16.5. The van der Waals surface area contributed by atoms with Gasteiger partial charge < -0.3 is 15.4 Å². The Morgan fingerprint density at radius 1 is 1.33 bits per heavy atom. The molecule has 1 aromatic heterocycles. The molecular formula is C14H25N3O. The number of aryl methyl sites for hydroxylation is 2. The van der Waals surface area contributed by atoms with Crippen LogP contribution in [0.4, 0.5) is 5.69 Å². The van der Waals surface area contributed by atoms with Crippen molar-refractivity contribution in [1.82, 2.24) is 4.98 Å². The zero-order valence-corrected chi connectivity index (χ0v) is 12.0. The topological polar surface area (TPSA) is 51.4 Å². The summed E-state index contributed by atoms with van der Waals surface area (Å²) in [4.78, 5) is 6.79. The van der Waals surface area contributed by atoms with Crippen LogP contribution in [-0.2, 0) is 11.3 Å². The van der Waals surface area contributed by atoms with Crippen LogP contribution in [0.15, 0.2) is 6.07 Å². The van der Waals surface area contributed by atoms with Gasteiger partial charge in [-0.2, -0.15) is 0 Å². The maximum atomic E-state index is 5.85. The summed E-state index contributed by atoms with van der Waals surface area (Å²) in [6.07, 6.45) is 0. The molecule has 0 aliphatic rings. The Morgan fingerprint density at radius 2 is 2.06 bits per heavy atom. The van der Waals surface area contributed by atoms with Gasteiger partial charge in [0.25, 0.3) is 0 Å². The van der Waals surface area contributed by atoms with Crippen LogP contribution in [0.5, 0.6) is 0 Å². The van der Waals surface area contributed by atoms with Crippen LogP contribution in [0, 0.1) is 13.8 Å². The molecule has 0 unspecified atom stereocenters. The first-order valence-corrected chi connectivity index (χ1v) is 6.63. The number of aromatic nitrogens is 1. The van der Waals surface area contributed by atoms with E-state index in [9.17, 15) is 0 Å². The second-order valence-electron chi connectivity index (χ2n) is 4.33. The molecule has 1 aromatic rings. The fourth-order valence-corrected chi connectivity index (χ4v) is 2.14. The average molecular weight is 251 g/mol. The molecule has 0 saturated heterocycles. The molecule has 0 fully saturated rings. The van der Waals surface area contributed by atoms with Crippen molar-refractivity contribution in [2.75, 3.05) is 31.2 Å². The predicted octanol–water partition coefficient (Wildman–Crippen LogP) is 2.02. The van der Waals surface area contributed by atoms with Crippen molar-refractivity contribution >= 4 is 5.69 Å². The summed E-state index contributed by atoms with van der Waals surface area (Å²) in [5.41, 5.74) is 10.3. The summed E-state index contributed by atoms with van der Waals surface area (Å²) in [5.74, 6) is 0. The van der Waals surface area contributed by atoms with E-state index in [2.05, 4.69) is 22.9 Å². The average Bonchev–Trinajstić information content (AvgIpc) is 2.34. The van der Waals surface area contributed by atoms with Crippen LogP contribution in [0.3, 0.4) is 0 Å². The Bertz CT molecular complexity index is 380. The van der Waals surface area contributed by atoms with Crippen molar-refractivity contribution in [2.24, 2.45) is 5.73 Å². The largest absolute Gasteiger partial charge is 0.380 e.